The fourth-order valence-corrected chi connectivity index (χ4v) is 5.70. The van der Waals surface area contributed by atoms with Crippen molar-refractivity contribution in [1.29, 1.82) is 0 Å². The number of anilines is 2. The number of aromatic nitrogens is 2. The van der Waals surface area contributed by atoms with E-state index in [1.807, 2.05) is 12.1 Å². The van der Waals surface area contributed by atoms with Crippen LogP contribution in [0.1, 0.15) is 80.6 Å². The number of ether oxygens (including phenoxy) is 1. The summed E-state index contributed by atoms with van der Waals surface area (Å²) >= 11 is 6.54. The summed E-state index contributed by atoms with van der Waals surface area (Å²) in [6.45, 7) is 7.49. The quantitative estimate of drug-likeness (QED) is 0.293. The predicted molar refractivity (Wildman–Crippen MR) is 162 cm³/mol. The predicted octanol–water partition coefficient (Wildman–Crippen LogP) is 7.01. The van der Waals surface area contributed by atoms with E-state index in [9.17, 15) is 9.59 Å². The minimum Gasteiger partial charge on any atom is -0.444 e. The summed E-state index contributed by atoms with van der Waals surface area (Å²) < 4.78 is 5.28. The molecule has 214 valence electrons. The minimum absolute atomic E-state index is 0.0910. The van der Waals surface area contributed by atoms with Gasteiger partial charge < -0.3 is 15.4 Å². The van der Waals surface area contributed by atoms with Gasteiger partial charge in [0.2, 0.25) is 5.95 Å². The Hall–Kier alpha value is -3.91. The summed E-state index contributed by atoms with van der Waals surface area (Å²) in [5.41, 5.74) is 4.26. The molecule has 2 atom stereocenters. The Morgan fingerprint density at radius 3 is 2.61 bits per heavy atom. The zero-order chi connectivity index (χ0) is 29.2. The lowest BCUT2D eigenvalue weighted by Gasteiger charge is -2.39. The van der Waals surface area contributed by atoms with Crippen LogP contribution in [0.2, 0.25) is 5.02 Å². The SMILES string of the molecule is CC1(NC(=O)c2ccc(NC(=O)OC(C)(C)C)cc2)CCCC(Nc2ncc(Cl)c(C3=CCc4ccccc43)n2)C1. The summed E-state index contributed by atoms with van der Waals surface area (Å²) in [6, 6.07) is 15.2. The molecule has 2 unspecified atom stereocenters. The Kier molecular flexibility index (Phi) is 8.04. The number of carbonyl (C=O) groups is 2. The molecule has 0 bridgehead atoms. The third-order valence-electron chi connectivity index (χ3n) is 7.35. The number of rotatable bonds is 6. The molecule has 1 fully saturated rings. The fraction of sp³-hybridized carbons (Fsp3) is 0.375. The van der Waals surface area contributed by atoms with Crippen LogP contribution in [0.5, 0.6) is 0 Å². The molecule has 41 heavy (non-hydrogen) atoms. The molecular weight excluding hydrogens is 538 g/mol. The molecule has 9 heteroatoms. The molecule has 2 aliphatic rings. The van der Waals surface area contributed by atoms with Crippen LogP contribution in [0, 0.1) is 0 Å². The van der Waals surface area contributed by atoms with Gasteiger partial charge in [0.25, 0.3) is 5.91 Å². The Bertz CT molecular complexity index is 1480. The van der Waals surface area contributed by atoms with E-state index in [1.165, 1.54) is 5.56 Å². The lowest BCUT2D eigenvalue weighted by atomic mass is 9.80. The molecule has 3 aromatic rings. The van der Waals surface area contributed by atoms with E-state index in [2.05, 4.69) is 46.1 Å². The summed E-state index contributed by atoms with van der Waals surface area (Å²) in [5, 5.41) is 9.93. The number of hydrogen-bond acceptors (Lipinski definition) is 6. The highest BCUT2D eigenvalue weighted by molar-refractivity contribution is 6.32. The molecular formula is C32H36ClN5O3. The zero-order valence-corrected chi connectivity index (χ0v) is 24.6. The molecule has 1 saturated carbocycles. The number of benzene rings is 2. The first-order valence-electron chi connectivity index (χ1n) is 14.0. The van der Waals surface area contributed by atoms with Crippen LogP contribution in [0.4, 0.5) is 16.4 Å². The molecule has 1 heterocycles. The van der Waals surface area contributed by atoms with Gasteiger partial charge in [-0.05, 0) is 95.2 Å². The maximum Gasteiger partial charge on any atom is 0.412 e. The number of nitrogens with one attached hydrogen (secondary N) is 3. The van der Waals surface area contributed by atoms with Crippen LogP contribution >= 0.6 is 11.6 Å². The van der Waals surface area contributed by atoms with Crippen LogP contribution in [-0.4, -0.2) is 39.2 Å². The lowest BCUT2D eigenvalue weighted by molar-refractivity contribution is 0.0635. The van der Waals surface area contributed by atoms with Gasteiger partial charge in [-0.15, -0.1) is 0 Å². The number of carbonyl (C=O) groups excluding carboxylic acids is 2. The van der Waals surface area contributed by atoms with Crippen molar-refractivity contribution in [3.05, 3.63) is 88.2 Å². The Morgan fingerprint density at radius 2 is 1.85 bits per heavy atom. The molecule has 3 N–H and O–H groups in total. The molecule has 0 spiro atoms. The molecule has 1 aromatic heterocycles. The van der Waals surface area contributed by atoms with Crippen LogP contribution < -0.4 is 16.0 Å². The van der Waals surface area contributed by atoms with Crippen molar-refractivity contribution in [2.75, 3.05) is 10.6 Å². The Labute approximate surface area is 246 Å². The van der Waals surface area contributed by atoms with E-state index >= 15 is 0 Å². The van der Waals surface area contributed by atoms with Crippen molar-refractivity contribution < 1.29 is 14.3 Å². The average Bonchev–Trinajstić information content (AvgIpc) is 3.33. The van der Waals surface area contributed by atoms with Crippen LogP contribution in [-0.2, 0) is 11.2 Å². The summed E-state index contributed by atoms with van der Waals surface area (Å²) in [7, 11) is 0. The molecule has 8 nitrogen and oxygen atoms in total. The number of allylic oxidation sites excluding steroid dienone is 1. The Morgan fingerprint density at radius 1 is 1.10 bits per heavy atom. The van der Waals surface area contributed by atoms with Gasteiger partial charge in [0.1, 0.15) is 5.60 Å². The largest absolute Gasteiger partial charge is 0.444 e. The van der Waals surface area contributed by atoms with E-state index in [4.69, 9.17) is 21.3 Å². The smallest absolute Gasteiger partial charge is 0.412 e. The number of halogens is 1. The second kappa shape index (κ2) is 11.5. The zero-order valence-electron chi connectivity index (χ0n) is 23.9. The van der Waals surface area contributed by atoms with Gasteiger partial charge in [0.05, 0.1) is 16.9 Å². The first-order valence-corrected chi connectivity index (χ1v) is 14.4. The topological polar surface area (TPSA) is 105 Å². The average molecular weight is 574 g/mol. The Balaban J connectivity index is 1.21. The first kappa shape index (κ1) is 28.6. The van der Waals surface area contributed by atoms with Gasteiger partial charge in [-0.25, -0.2) is 14.8 Å². The van der Waals surface area contributed by atoms with E-state index in [0.29, 0.717) is 22.2 Å². The van der Waals surface area contributed by atoms with Crippen molar-refractivity contribution >= 4 is 40.8 Å². The van der Waals surface area contributed by atoms with Crippen molar-refractivity contribution in [2.24, 2.45) is 0 Å². The van der Waals surface area contributed by atoms with E-state index in [0.717, 1.165) is 48.9 Å². The maximum atomic E-state index is 13.1. The third kappa shape index (κ3) is 7.06. The molecule has 0 radical (unpaired) electrons. The van der Waals surface area contributed by atoms with Crippen molar-refractivity contribution in [1.82, 2.24) is 15.3 Å². The standard InChI is InChI=1S/C32H36ClN5O3/c1-31(2,3)41-30(40)36-22-14-11-21(12-15-22)28(39)38-32(4)17-7-9-23(18-32)35-29-34-19-26(33)27(37-29)25-16-13-20-8-5-6-10-24(20)25/h5-6,8,10-12,14-16,19,23H,7,9,13,17-18H2,1-4H3,(H,36,40)(H,38,39)(H,34,35,37). The minimum atomic E-state index is -0.589. The lowest BCUT2D eigenvalue weighted by Crippen LogP contribution is -2.51. The van der Waals surface area contributed by atoms with Gasteiger partial charge in [0.15, 0.2) is 0 Å². The molecule has 0 aliphatic heterocycles. The second-order valence-corrected chi connectivity index (χ2v) is 12.4. The highest BCUT2D eigenvalue weighted by Gasteiger charge is 2.34. The first-order chi connectivity index (χ1) is 19.5. The van der Waals surface area contributed by atoms with Gasteiger partial charge in [-0.1, -0.05) is 41.9 Å². The second-order valence-electron chi connectivity index (χ2n) is 12.0. The highest BCUT2D eigenvalue weighted by atomic mass is 35.5. The normalized spacial score (nSPS) is 20.0. The summed E-state index contributed by atoms with van der Waals surface area (Å²) in [5.74, 6) is 0.372. The van der Waals surface area contributed by atoms with Gasteiger partial charge >= 0.3 is 6.09 Å². The third-order valence-corrected chi connectivity index (χ3v) is 7.63. The molecule has 2 amide bonds. The fourth-order valence-electron chi connectivity index (χ4n) is 5.51. The van der Waals surface area contributed by atoms with Gasteiger partial charge in [0, 0.05) is 28.4 Å². The highest BCUT2D eigenvalue weighted by Crippen LogP contribution is 2.36. The number of amides is 2. The van der Waals surface area contributed by atoms with Crippen molar-refractivity contribution in [3.8, 4) is 0 Å². The van der Waals surface area contributed by atoms with Crippen molar-refractivity contribution in [3.63, 3.8) is 0 Å². The molecule has 2 aliphatic carbocycles. The number of hydrogen-bond donors (Lipinski definition) is 3. The molecule has 0 saturated heterocycles. The van der Waals surface area contributed by atoms with E-state index < -0.39 is 17.2 Å². The van der Waals surface area contributed by atoms with Crippen molar-refractivity contribution in [2.45, 2.75) is 77.0 Å². The van der Waals surface area contributed by atoms with Crippen LogP contribution in [0.25, 0.3) is 5.57 Å². The monoisotopic (exact) mass is 573 g/mol. The van der Waals surface area contributed by atoms with Gasteiger partial charge in [-0.2, -0.15) is 0 Å². The van der Waals surface area contributed by atoms with E-state index in [1.54, 1.807) is 51.2 Å². The summed E-state index contributed by atoms with van der Waals surface area (Å²) in [6.07, 6.45) is 7.63. The molecule has 5 rings (SSSR count). The number of nitrogens with zero attached hydrogens (tertiary/aromatic N) is 2. The summed E-state index contributed by atoms with van der Waals surface area (Å²) in [4.78, 5) is 34.4. The molecule has 2 aromatic carbocycles. The van der Waals surface area contributed by atoms with Crippen LogP contribution in [0.3, 0.4) is 0 Å². The maximum absolute atomic E-state index is 13.1. The van der Waals surface area contributed by atoms with E-state index in [-0.39, 0.29) is 11.9 Å². The number of fused-ring (bicyclic) bond motifs is 1. The van der Waals surface area contributed by atoms with Crippen LogP contribution in [0.15, 0.2) is 60.8 Å². The van der Waals surface area contributed by atoms with Gasteiger partial charge in [-0.3, -0.25) is 10.1 Å².